The lowest BCUT2D eigenvalue weighted by atomic mass is 10.2. The molecule has 0 radical (unpaired) electrons. The Morgan fingerprint density at radius 2 is 2.22 bits per heavy atom. The van der Waals surface area contributed by atoms with E-state index in [0.29, 0.717) is 6.04 Å². The van der Waals surface area contributed by atoms with Gasteiger partial charge in [-0.1, -0.05) is 13.8 Å². The van der Waals surface area contributed by atoms with Crippen LogP contribution in [0.5, 0.6) is 0 Å². The molecule has 0 aromatic carbocycles. The van der Waals surface area contributed by atoms with E-state index in [1.807, 2.05) is 29.3 Å². The van der Waals surface area contributed by atoms with Gasteiger partial charge in [-0.25, -0.2) is 0 Å². The van der Waals surface area contributed by atoms with E-state index in [1.54, 1.807) is 0 Å². The maximum absolute atomic E-state index is 4.22. The second-order valence-corrected chi connectivity index (χ2v) is 5.64. The largest absolute Gasteiger partial charge is 0.309 e. The molecule has 18 heavy (non-hydrogen) atoms. The lowest BCUT2D eigenvalue weighted by molar-refractivity contribution is 0.525. The van der Waals surface area contributed by atoms with Gasteiger partial charge in [-0.2, -0.15) is 5.10 Å². The van der Waals surface area contributed by atoms with Crippen LogP contribution in [0.4, 0.5) is 0 Å². The van der Waals surface area contributed by atoms with E-state index in [0.717, 1.165) is 13.0 Å². The van der Waals surface area contributed by atoms with Gasteiger partial charge in [-0.05, 0) is 31.5 Å². The molecule has 2 aromatic rings. The van der Waals surface area contributed by atoms with E-state index in [2.05, 4.69) is 42.6 Å². The first-order valence-corrected chi connectivity index (χ1v) is 7.38. The zero-order valence-electron chi connectivity index (χ0n) is 11.3. The van der Waals surface area contributed by atoms with Crippen molar-refractivity contribution < 1.29 is 0 Å². The first-order valence-electron chi connectivity index (χ1n) is 6.56. The van der Waals surface area contributed by atoms with Crippen LogP contribution >= 0.6 is 11.3 Å². The predicted octanol–water partition coefficient (Wildman–Crippen LogP) is 3.60. The number of hydrogen-bond acceptors (Lipinski definition) is 3. The standard InChI is InChI=1S/C14H21N3S/c1-4-8-15-12(5-2)14-7-6-13(18-14)11-9-16-17(3)10-11/h6-7,9-10,12,15H,4-5,8H2,1-3H3. The van der Waals surface area contributed by atoms with Crippen molar-refractivity contribution in [2.45, 2.75) is 32.7 Å². The van der Waals surface area contributed by atoms with Crippen LogP contribution in [-0.2, 0) is 7.05 Å². The highest BCUT2D eigenvalue weighted by atomic mass is 32.1. The Hall–Kier alpha value is -1.13. The molecule has 0 spiro atoms. The molecule has 2 rings (SSSR count). The van der Waals surface area contributed by atoms with Gasteiger partial charge in [-0.15, -0.1) is 11.3 Å². The highest BCUT2D eigenvalue weighted by molar-refractivity contribution is 7.15. The third kappa shape index (κ3) is 3.00. The molecular weight excluding hydrogens is 242 g/mol. The van der Waals surface area contributed by atoms with Crippen LogP contribution in [0.25, 0.3) is 10.4 Å². The topological polar surface area (TPSA) is 29.9 Å². The third-order valence-electron chi connectivity index (χ3n) is 3.01. The van der Waals surface area contributed by atoms with E-state index in [4.69, 9.17) is 0 Å². The minimum absolute atomic E-state index is 0.486. The molecule has 0 aliphatic carbocycles. The normalized spacial score (nSPS) is 12.8. The van der Waals surface area contributed by atoms with Crippen molar-refractivity contribution in [1.29, 1.82) is 0 Å². The van der Waals surface area contributed by atoms with Crippen LogP contribution in [0, 0.1) is 0 Å². The summed E-state index contributed by atoms with van der Waals surface area (Å²) in [6.45, 7) is 5.52. The average Bonchev–Trinajstić information content (AvgIpc) is 2.99. The minimum atomic E-state index is 0.486. The van der Waals surface area contributed by atoms with E-state index < -0.39 is 0 Å². The molecule has 2 heterocycles. The van der Waals surface area contributed by atoms with Crippen LogP contribution in [0.3, 0.4) is 0 Å². The smallest absolute Gasteiger partial charge is 0.0576 e. The molecule has 1 unspecified atom stereocenters. The van der Waals surface area contributed by atoms with Crippen LogP contribution in [-0.4, -0.2) is 16.3 Å². The fourth-order valence-corrected chi connectivity index (χ4v) is 3.15. The molecule has 0 fully saturated rings. The lowest BCUT2D eigenvalue weighted by Crippen LogP contribution is -2.20. The molecule has 0 amide bonds. The van der Waals surface area contributed by atoms with Crippen LogP contribution in [0.15, 0.2) is 24.5 Å². The Bertz CT molecular complexity index is 487. The van der Waals surface area contributed by atoms with Crippen molar-refractivity contribution in [3.63, 3.8) is 0 Å². The van der Waals surface area contributed by atoms with E-state index in [9.17, 15) is 0 Å². The van der Waals surface area contributed by atoms with Gasteiger partial charge in [0.15, 0.2) is 0 Å². The lowest BCUT2D eigenvalue weighted by Gasteiger charge is -2.14. The van der Waals surface area contributed by atoms with Crippen molar-refractivity contribution in [1.82, 2.24) is 15.1 Å². The monoisotopic (exact) mass is 263 g/mol. The number of aryl methyl sites for hydroxylation is 1. The molecule has 0 bridgehead atoms. The van der Waals surface area contributed by atoms with Gasteiger partial charge in [0.1, 0.15) is 0 Å². The average molecular weight is 263 g/mol. The number of rotatable bonds is 6. The van der Waals surface area contributed by atoms with E-state index in [1.165, 1.54) is 21.7 Å². The fraction of sp³-hybridized carbons (Fsp3) is 0.500. The highest BCUT2D eigenvalue weighted by Crippen LogP contribution is 2.32. The van der Waals surface area contributed by atoms with Crippen molar-refractivity contribution in [3.05, 3.63) is 29.4 Å². The maximum Gasteiger partial charge on any atom is 0.0576 e. The van der Waals surface area contributed by atoms with Crippen LogP contribution in [0.2, 0.25) is 0 Å². The zero-order valence-corrected chi connectivity index (χ0v) is 12.1. The molecule has 98 valence electrons. The van der Waals surface area contributed by atoms with Gasteiger partial charge in [-0.3, -0.25) is 4.68 Å². The Kier molecular flexibility index (Phi) is 4.55. The summed E-state index contributed by atoms with van der Waals surface area (Å²) in [4.78, 5) is 2.72. The molecule has 3 nitrogen and oxygen atoms in total. The number of thiophene rings is 1. The first-order chi connectivity index (χ1) is 8.74. The number of nitrogens with zero attached hydrogens (tertiary/aromatic N) is 2. The molecule has 4 heteroatoms. The first kappa shape index (κ1) is 13.3. The Morgan fingerprint density at radius 3 is 2.83 bits per heavy atom. The summed E-state index contributed by atoms with van der Waals surface area (Å²) in [5.41, 5.74) is 1.21. The summed E-state index contributed by atoms with van der Waals surface area (Å²) in [5.74, 6) is 0. The summed E-state index contributed by atoms with van der Waals surface area (Å²) in [6, 6.07) is 4.93. The van der Waals surface area contributed by atoms with Gasteiger partial charge < -0.3 is 5.32 Å². The zero-order chi connectivity index (χ0) is 13.0. The number of hydrogen-bond donors (Lipinski definition) is 1. The molecule has 0 aliphatic rings. The minimum Gasteiger partial charge on any atom is -0.309 e. The Balaban J connectivity index is 2.13. The van der Waals surface area contributed by atoms with E-state index in [-0.39, 0.29) is 0 Å². The fourth-order valence-electron chi connectivity index (χ4n) is 2.01. The van der Waals surface area contributed by atoms with Crippen LogP contribution in [0.1, 0.15) is 37.6 Å². The predicted molar refractivity (Wildman–Crippen MR) is 77.8 cm³/mol. The summed E-state index contributed by atoms with van der Waals surface area (Å²) >= 11 is 1.87. The molecule has 0 saturated heterocycles. The van der Waals surface area contributed by atoms with Crippen molar-refractivity contribution in [3.8, 4) is 10.4 Å². The molecule has 1 atom stereocenters. The molecule has 1 N–H and O–H groups in total. The number of nitrogens with one attached hydrogen (secondary N) is 1. The molecule has 0 saturated carbocycles. The quantitative estimate of drug-likeness (QED) is 0.863. The third-order valence-corrected chi connectivity index (χ3v) is 4.26. The van der Waals surface area contributed by atoms with E-state index >= 15 is 0 Å². The summed E-state index contributed by atoms with van der Waals surface area (Å²) < 4.78 is 1.85. The molecular formula is C14H21N3S. The van der Waals surface area contributed by atoms with Gasteiger partial charge in [0.2, 0.25) is 0 Å². The SMILES string of the molecule is CCCNC(CC)c1ccc(-c2cnn(C)c2)s1. The van der Waals surface area contributed by atoms with Crippen molar-refractivity contribution in [2.75, 3.05) is 6.54 Å². The summed E-state index contributed by atoms with van der Waals surface area (Å²) in [6.07, 6.45) is 6.30. The van der Waals surface area contributed by atoms with Gasteiger partial charge in [0.05, 0.1) is 6.20 Å². The Morgan fingerprint density at radius 1 is 1.39 bits per heavy atom. The maximum atomic E-state index is 4.22. The molecule has 2 aromatic heterocycles. The highest BCUT2D eigenvalue weighted by Gasteiger charge is 2.12. The van der Waals surface area contributed by atoms with Crippen molar-refractivity contribution in [2.24, 2.45) is 7.05 Å². The van der Waals surface area contributed by atoms with Crippen molar-refractivity contribution >= 4 is 11.3 Å². The molecule has 0 aliphatic heterocycles. The van der Waals surface area contributed by atoms with Gasteiger partial charge in [0.25, 0.3) is 0 Å². The van der Waals surface area contributed by atoms with Gasteiger partial charge in [0, 0.05) is 34.6 Å². The Labute approximate surface area is 113 Å². The summed E-state index contributed by atoms with van der Waals surface area (Å²) in [7, 11) is 1.95. The second kappa shape index (κ2) is 6.16. The summed E-state index contributed by atoms with van der Waals surface area (Å²) in [5, 5.41) is 7.82. The number of aromatic nitrogens is 2. The van der Waals surface area contributed by atoms with Crippen LogP contribution < -0.4 is 5.32 Å². The second-order valence-electron chi connectivity index (χ2n) is 4.52. The van der Waals surface area contributed by atoms with Gasteiger partial charge >= 0.3 is 0 Å².